The number of carbonyl (C=O) groups is 2. The van der Waals surface area contributed by atoms with Gasteiger partial charge in [-0.2, -0.15) is 0 Å². The standard InChI is InChI=1S/C18H23N5O2S/c19-18-22-15(12-26-18)5-3-9-21-17(25)13-6-7-16(24)23(10-13)11-14-4-1-2-8-20-14/h1-2,4,8,12-13H,3,5-7,9-11H2,(H2,19,22)(H,21,25)/t13-/m1/s1. The Labute approximate surface area is 156 Å². The van der Waals surface area contributed by atoms with Crippen molar-refractivity contribution in [3.8, 4) is 0 Å². The lowest BCUT2D eigenvalue weighted by molar-refractivity contribution is -0.138. The molecule has 3 heterocycles. The lowest BCUT2D eigenvalue weighted by Gasteiger charge is -2.31. The van der Waals surface area contributed by atoms with Crippen LogP contribution in [0.1, 0.15) is 30.7 Å². The fourth-order valence-electron chi connectivity index (χ4n) is 3.03. The SMILES string of the molecule is Nc1nc(CCCNC(=O)[C@@H]2CCC(=O)N(Cc3ccccn3)C2)cs1. The summed E-state index contributed by atoms with van der Waals surface area (Å²) in [6, 6.07) is 5.64. The number of pyridine rings is 1. The summed E-state index contributed by atoms with van der Waals surface area (Å²) >= 11 is 1.43. The van der Waals surface area contributed by atoms with Gasteiger partial charge in [0.1, 0.15) is 0 Å². The predicted octanol–water partition coefficient (Wildman–Crippen LogP) is 1.61. The molecule has 2 aromatic rings. The molecule has 138 valence electrons. The van der Waals surface area contributed by atoms with Crippen LogP contribution in [0.3, 0.4) is 0 Å². The summed E-state index contributed by atoms with van der Waals surface area (Å²) in [4.78, 5) is 34.8. The molecule has 3 N–H and O–H groups in total. The van der Waals surface area contributed by atoms with E-state index in [1.807, 2.05) is 23.6 Å². The number of nitrogens with one attached hydrogen (secondary N) is 1. The average Bonchev–Trinajstić information content (AvgIpc) is 3.06. The molecule has 0 bridgehead atoms. The van der Waals surface area contributed by atoms with E-state index < -0.39 is 0 Å². The van der Waals surface area contributed by atoms with Gasteiger partial charge in [0.05, 0.1) is 23.9 Å². The van der Waals surface area contributed by atoms with Gasteiger partial charge in [-0.25, -0.2) is 4.98 Å². The lowest BCUT2D eigenvalue weighted by atomic mass is 9.96. The van der Waals surface area contributed by atoms with Crippen molar-refractivity contribution in [1.82, 2.24) is 20.2 Å². The number of hydrogen-bond acceptors (Lipinski definition) is 6. The van der Waals surface area contributed by atoms with Crippen LogP contribution in [-0.2, 0) is 22.6 Å². The third-order valence-electron chi connectivity index (χ3n) is 4.43. The summed E-state index contributed by atoms with van der Waals surface area (Å²) in [5.41, 5.74) is 7.41. The van der Waals surface area contributed by atoms with E-state index in [1.165, 1.54) is 11.3 Å². The van der Waals surface area contributed by atoms with Crippen LogP contribution < -0.4 is 11.1 Å². The molecule has 7 nitrogen and oxygen atoms in total. The number of nitrogens with zero attached hydrogens (tertiary/aromatic N) is 3. The third-order valence-corrected chi connectivity index (χ3v) is 5.15. The minimum Gasteiger partial charge on any atom is -0.375 e. The van der Waals surface area contributed by atoms with Crippen LogP contribution in [0.5, 0.6) is 0 Å². The van der Waals surface area contributed by atoms with Crippen molar-refractivity contribution in [2.75, 3.05) is 18.8 Å². The Kier molecular flexibility index (Phi) is 6.17. The predicted molar refractivity (Wildman–Crippen MR) is 100 cm³/mol. The normalized spacial score (nSPS) is 17.3. The number of likely N-dealkylation sites (tertiary alicyclic amines) is 1. The Hall–Kier alpha value is -2.48. The van der Waals surface area contributed by atoms with Gasteiger partial charge < -0.3 is 16.0 Å². The van der Waals surface area contributed by atoms with E-state index in [1.54, 1.807) is 11.1 Å². The second-order valence-electron chi connectivity index (χ2n) is 6.40. The molecule has 0 aromatic carbocycles. The molecule has 3 rings (SSSR count). The fourth-order valence-corrected chi connectivity index (χ4v) is 3.63. The third kappa shape index (κ3) is 5.01. The zero-order chi connectivity index (χ0) is 18.4. The maximum absolute atomic E-state index is 12.4. The van der Waals surface area contributed by atoms with Crippen LogP contribution in [-0.4, -0.2) is 39.8 Å². The first-order valence-electron chi connectivity index (χ1n) is 8.77. The number of anilines is 1. The number of nitrogens with two attached hydrogens (primary N) is 1. The minimum absolute atomic E-state index is 0.0151. The second-order valence-corrected chi connectivity index (χ2v) is 7.29. The van der Waals surface area contributed by atoms with Crippen LogP contribution in [0, 0.1) is 5.92 Å². The van der Waals surface area contributed by atoms with E-state index in [0.29, 0.717) is 37.6 Å². The number of carbonyl (C=O) groups excluding carboxylic acids is 2. The van der Waals surface area contributed by atoms with Crippen molar-refractivity contribution in [3.63, 3.8) is 0 Å². The summed E-state index contributed by atoms with van der Waals surface area (Å²) in [7, 11) is 0. The van der Waals surface area contributed by atoms with Gasteiger partial charge in [0.2, 0.25) is 11.8 Å². The number of aryl methyl sites for hydroxylation is 1. The molecule has 8 heteroatoms. The molecular weight excluding hydrogens is 350 g/mol. The number of rotatable bonds is 7. The van der Waals surface area contributed by atoms with Crippen molar-refractivity contribution < 1.29 is 9.59 Å². The lowest BCUT2D eigenvalue weighted by Crippen LogP contribution is -2.45. The van der Waals surface area contributed by atoms with Crippen LogP contribution in [0.2, 0.25) is 0 Å². The smallest absolute Gasteiger partial charge is 0.224 e. The van der Waals surface area contributed by atoms with Gasteiger partial charge in [-0.15, -0.1) is 11.3 Å². The van der Waals surface area contributed by atoms with Crippen LogP contribution in [0.25, 0.3) is 0 Å². The number of nitrogen functional groups attached to an aromatic ring is 1. The summed E-state index contributed by atoms with van der Waals surface area (Å²) in [6.45, 7) is 1.50. The van der Waals surface area contributed by atoms with Gasteiger partial charge in [-0.1, -0.05) is 6.07 Å². The number of piperidine rings is 1. The van der Waals surface area contributed by atoms with Crippen LogP contribution in [0.15, 0.2) is 29.8 Å². The van der Waals surface area contributed by atoms with Crippen LogP contribution in [0.4, 0.5) is 5.13 Å². The average molecular weight is 373 g/mol. The molecule has 1 atom stereocenters. The van der Waals surface area contributed by atoms with Crippen molar-refractivity contribution in [1.29, 1.82) is 0 Å². The second kappa shape index (κ2) is 8.75. The molecule has 1 fully saturated rings. The Morgan fingerprint density at radius 3 is 3.00 bits per heavy atom. The molecule has 0 saturated carbocycles. The van der Waals surface area contributed by atoms with Gasteiger partial charge in [0.25, 0.3) is 0 Å². The first-order chi connectivity index (χ1) is 12.6. The highest BCUT2D eigenvalue weighted by Crippen LogP contribution is 2.19. The van der Waals surface area contributed by atoms with E-state index in [4.69, 9.17) is 5.73 Å². The summed E-state index contributed by atoms with van der Waals surface area (Å²) < 4.78 is 0. The van der Waals surface area contributed by atoms with E-state index in [2.05, 4.69) is 15.3 Å². The first kappa shape index (κ1) is 18.3. The highest BCUT2D eigenvalue weighted by atomic mass is 32.1. The maximum atomic E-state index is 12.4. The van der Waals surface area contributed by atoms with E-state index in [9.17, 15) is 9.59 Å². The van der Waals surface area contributed by atoms with E-state index in [0.717, 1.165) is 24.2 Å². The Morgan fingerprint density at radius 2 is 2.27 bits per heavy atom. The van der Waals surface area contributed by atoms with Gasteiger partial charge in [-0.05, 0) is 31.4 Å². The van der Waals surface area contributed by atoms with Crippen molar-refractivity contribution in [2.24, 2.45) is 5.92 Å². The van der Waals surface area contributed by atoms with Gasteiger partial charge >= 0.3 is 0 Å². The monoisotopic (exact) mass is 373 g/mol. The molecule has 26 heavy (non-hydrogen) atoms. The molecule has 2 amide bonds. The molecule has 0 unspecified atom stereocenters. The van der Waals surface area contributed by atoms with Gasteiger partial charge in [-0.3, -0.25) is 14.6 Å². The van der Waals surface area contributed by atoms with Gasteiger partial charge in [0.15, 0.2) is 5.13 Å². The van der Waals surface area contributed by atoms with Crippen molar-refractivity contribution in [2.45, 2.75) is 32.2 Å². The van der Waals surface area contributed by atoms with Crippen molar-refractivity contribution >= 4 is 28.3 Å². The molecule has 1 aliphatic rings. The minimum atomic E-state index is -0.161. The number of amides is 2. The summed E-state index contributed by atoms with van der Waals surface area (Å²) in [5, 5.41) is 5.50. The highest BCUT2D eigenvalue weighted by molar-refractivity contribution is 7.13. The molecule has 0 aliphatic carbocycles. The molecular formula is C18H23N5O2S. The van der Waals surface area contributed by atoms with Crippen molar-refractivity contribution in [3.05, 3.63) is 41.2 Å². The Morgan fingerprint density at radius 1 is 1.38 bits per heavy atom. The molecule has 1 aliphatic heterocycles. The topological polar surface area (TPSA) is 101 Å². The zero-order valence-electron chi connectivity index (χ0n) is 14.6. The number of aromatic nitrogens is 2. The highest BCUT2D eigenvalue weighted by Gasteiger charge is 2.30. The molecule has 0 spiro atoms. The number of thiazole rings is 1. The Balaban J connectivity index is 1.44. The number of hydrogen-bond donors (Lipinski definition) is 2. The zero-order valence-corrected chi connectivity index (χ0v) is 15.4. The summed E-state index contributed by atoms with van der Waals surface area (Å²) in [5.74, 6) is -0.0616. The van der Waals surface area contributed by atoms with E-state index >= 15 is 0 Å². The quantitative estimate of drug-likeness (QED) is 0.718. The van der Waals surface area contributed by atoms with Crippen LogP contribution >= 0.6 is 11.3 Å². The first-order valence-corrected chi connectivity index (χ1v) is 9.65. The molecule has 1 saturated heterocycles. The van der Waals surface area contributed by atoms with Gasteiger partial charge in [0, 0.05) is 31.1 Å². The Bertz CT molecular complexity index is 749. The summed E-state index contributed by atoms with van der Waals surface area (Å²) in [6.07, 6.45) is 4.33. The molecule has 2 aromatic heterocycles. The fraction of sp³-hybridized carbons (Fsp3) is 0.444. The maximum Gasteiger partial charge on any atom is 0.224 e. The largest absolute Gasteiger partial charge is 0.375 e. The van der Waals surface area contributed by atoms with E-state index in [-0.39, 0.29) is 17.7 Å². The molecule has 0 radical (unpaired) electrons.